The first-order valence-corrected chi connectivity index (χ1v) is 14.1. The molecule has 2 aliphatic rings. The maximum atomic E-state index is 5.65. The molecular weight excluding hydrogens is 430 g/mol. The van der Waals surface area contributed by atoms with Crippen molar-refractivity contribution in [2.45, 2.75) is 111 Å². The summed E-state index contributed by atoms with van der Waals surface area (Å²) in [6.45, 7) is 15.9. The minimum absolute atomic E-state index is 0.175. The van der Waals surface area contributed by atoms with Crippen molar-refractivity contribution in [3.8, 4) is 17.0 Å². The summed E-state index contributed by atoms with van der Waals surface area (Å²) in [6.07, 6.45) is 13.3. The van der Waals surface area contributed by atoms with E-state index in [1.165, 1.54) is 70.9 Å². The van der Waals surface area contributed by atoms with Gasteiger partial charge in [0.15, 0.2) is 0 Å². The van der Waals surface area contributed by atoms with Crippen LogP contribution in [0, 0.1) is 18.3 Å². The number of ether oxygens (including phenoxy) is 1. The predicted molar refractivity (Wildman–Crippen MR) is 148 cm³/mol. The lowest BCUT2D eigenvalue weighted by Crippen LogP contribution is -2.47. The van der Waals surface area contributed by atoms with E-state index in [1.54, 1.807) is 0 Å². The second-order valence-electron chi connectivity index (χ2n) is 11.6. The average Bonchev–Trinajstić information content (AvgIpc) is 2.79. The monoisotopic (exact) mass is 479 g/mol. The molecule has 4 rings (SSSR count). The lowest BCUT2D eigenvalue weighted by Gasteiger charge is -2.47. The third-order valence-electron chi connectivity index (χ3n) is 7.78. The van der Waals surface area contributed by atoms with Crippen LogP contribution in [0.15, 0.2) is 36.4 Å². The molecule has 0 spiro atoms. The van der Waals surface area contributed by atoms with Gasteiger partial charge in [-0.3, -0.25) is 0 Å². The Bertz CT molecular complexity index is 865. The largest absolute Gasteiger partial charge is 0.491 e. The van der Waals surface area contributed by atoms with Crippen LogP contribution in [0.25, 0.3) is 11.3 Å². The molecule has 2 heterocycles. The molecule has 194 valence electrons. The zero-order chi connectivity index (χ0) is 25.3. The molecule has 1 aliphatic carbocycles. The molecule has 4 nitrogen and oxygen atoms in total. The molecule has 1 aromatic carbocycles. The van der Waals surface area contributed by atoms with Crippen molar-refractivity contribution < 1.29 is 4.74 Å². The standard InChI is InChI=1S/C17H33N.C14H16N2O/c1-4-9-17(10-8-15(2)3)11-13-18(14-12-17)16-6-5-7-16;1-10(2)17-13-6-4-5-12(9-13)14-8-7-11(3)15-16-14/h15-16H,4-14H2,1-3H3;4-10H,1-3H3. The van der Waals surface area contributed by atoms with Gasteiger partial charge in [-0.05, 0) is 108 Å². The summed E-state index contributed by atoms with van der Waals surface area (Å²) in [5.74, 6) is 1.74. The molecule has 0 amide bonds. The molecule has 0 unspecified atom stereocenters. The molecule has 0 atom stereocenters. The van der Waals surface area contributed by atoms with Gasteiger partial charge in [0.05, 0.1) is 17.5 Å². The van der Waals surface area contributed by atoms with Crippen molar-refractivity contribution in [2.24, 2.45) is 11.3 Å². The Kier molecular flexibility index (Phi) is 10.6. The fourth-order valence-electron chi connectivity index (χ4n) is 5.42. The van der Waals surface area contributed by atoms with Gasteiger partial charge in [0, 0.05) is 11.6 Å². The summed E-state index contributed by atoms with van der Waals surface area (Å²) < 4.78 is 5.65. The highest BCUT2D eigenvalue weighted by molar-refractivity contribution is 5.60. The topological polar surface area (TPSA) is 38.2 Å². The van der Waals surface area contributed by atoms with Gasteiger partial charge < -0.3 is 9.64 Å². The average molecular weight is 480 g/mol. The van der Waals surface area contributed by atoms with Gasteiger partial charge in [0.25, 0.3) is 0 Å². The van der Waals surface area contributed by atoms with Crippen molar-refractivity contribution >= 4 is 0 Å². The normalized spacial score (nSPS) is 18.2. The number of aromatic nitrogens is 2. The molecular formula is C31H49N3O. The molecule has 1 aromatic heterocycles. The first-order chi connectivity index (χ1) is 16.8. The van der Waals surface area contributed by atoms with Crippen molar-refractivity contribution in [2.75, 3.05) is 13.1 Å². The Hall–Kier alpha value is -1.94. The van der Waals surface area contributed by atoms with Crippen LogP contribution >= 0.6 is 0 Å². The maximum absolute atomic E-state index is 5.65. The van der Waals surface area contributed by atoms with Crippen LogP contribution in [0.5, 0.6) is 5.75 Å². The van der Waals surface area contributed by atoms with Gasteiger partial charge in [0.1, 0.15) is 5.75 Å². The number of benzene rings is 1. The van der Waals surface area contributed by atoms with Gasteiger partial charge in [-0.25, -0.2) is 0 Å². The van der Waals surface area contributed by atoms with E-state index in [-0.39, 0.29) is 6.10 Å². The van der Waals surface area contributed by atoms with Gasteiger partial charge in [0.2, 0.25) is 0 Å². The second kappa shape index (κ2) is 13.4. The number of rotatable bonds is 9. The minimum Gasteiger partial charge on any atom is -0.491 e. The van der Waals surface area contributed by atoms with E-state index in [9.17, 15) is 0 Å². The van der Waals surface area contributed by atoms with Crippen molar-refractivity contribution in [1.29, 1.82) is 0 Å². The third kappa shape index (κ3) is 8.59. The predicted octanol–water partition coefficient (Wildman–Crippen LogP) is 8.10. The third-order valence-corrected chi connectivity index (χ3v) is 7.78. The van der Waals surface area contributed by atoms with Gasteiger partial charge in [-0.15, -0.1) is 0 Å². The van der Waals surface area contributed by atoms with E-state index < -0.39 is 0 Å². The highest BCUT2D eigenvalue weighted by Gasteiger charge is 2.36. The lowest BCUT2D eigenvalue weighted by atomic mass is 9.70. The maximum Gasteiger partial charge on any atom is 0.120 e. The van der Waals surface area contributed by atoms with E-state index in [4.69, 9.17) is 4.74 Å². The molecule has 0 N–H and O–H groups in total. The number of hydrogen-bond donors (Lipinski definition) is 0. The van der Waals surface area contributed by atoms with Crippen LogP contribution in [0.4, 0.5) is 0 Å². The fraction of sp³-hybridized carbons (Fsp3) is 0.677. The lowest BCUT2D eigenvalue weighted by molar-refractivity contribution is 0.0310. The Morgan fingerprint density at radius 2 is 1.74 bits per heavy atom. The number of hydrogen-bond acceptors (Lipinski definition) is 4. The molecule has 35 heavy (non-hydrogen) atoms. The van der Waals surface area contributed by atoms with Crippen molar-refractivity contribution in [1.82, 2.24) is 15.1 Å². The molecule has 0 radical (unpaired) electrons. The summed E-state index contributed by atoms with van der Waals surface area (Å²) in [5.41, 5.74) is 3.52. The fourth-order valence-corrected chi connectivity index (χ4v) is 5.42. The molecule has 1 saturated heterocycles. The van der Waals surface area contributed by atoms with Gasteiger partial charge in [-0.1, -0.05) is 52.2 Å². The van der Waals surface area contributed by atoms with Crippen molar-refractivity contribution in [3.63, 3.8) is 0 Å². The molecule has 1 saturated carbocycles. The summed E-state index contributed by atoms with van der Waals surface area (Å²) in [7, 11) is 0. The molecule has 2 fully saturated rings. The molecule has 4 heteroatoms. The molecule has 1 aliphatic heterocycles. The van der Waals surface area contributed by atoms with E-state index in [2.05, 4.69) is 35.9 Å². The Labute approximate surface area is 214 Å². The highest BCUT2D eigenvalue weighted by Crippen LogP contribution is 2.43. The Morgan fingerprint density at radius 3 is 2.29 bits per heavy atom. The van der Waals surface area contributed by atoms with E-state index in [0.29, 0.717) is 5.41 Å². The van der Waals surface area contributed by atoms with Crippen LogP contribution in [-0.2, 0) is 0 Å². The number of nitrogens with zero attached hydrogens (tertiary/aromatic N) is 3. The summed E-state index contributed by atoms with van der Waals surface area (Å²) in [5, 5.41) is 8.22. The van der Waals surface area contributed by atoms with Gasteiger partial charge >= 0.3 is 0 Å². The first-order valence-electron chi connectivity index (χ1n) is 14.1. The first kappa shape index (κ1) is 27.6. The SMILES string of the molecule is CCCC1(CCC(C)C)CCN(C2CCC2)CC1.Cc1ccc(-c2cccc(OC(C)C)c2)nn1. The minimum atomic E-state index is 0.175. The van der Waals surface area contributed by atoms with Crippen LogP contribution in [0.2, 0.25) is 0 Å². The highest BCUT2D eigenvalue weighted by atomic mass is 16.5. The van der Waals surface area contributed by atoms with Crippen LogP contribution in [0.1, 0.15) is 98.1 Å². The summed E-state index contributed by atoms with van der Waals surface area (Å²) in [6, 6.07) is 12.8. The van der Waals surface area contributed by atoms with E-state index in [0.717, 1.165) is 34.7 Å². The van der Waals surface area contributed by atoms with E-state index in [1.807, 2.05) is 57.2 Å². The zero-order valence-corrected chi connectivity index (χ0v) is 23.2. The molecule has 2 aromatic rings. The van der Waals surface area contributed by atoms with Crippen LogP contribution in [0.3, 0.4) is 0 Å². The zero-order valence-electron chi connectivity index (χ0n) is 23.2. The molecule has 0 bridgehead atoms. The van der Waals surface area contributed by atoms with Crippen LogP contribution in [-0.4, -0.2) is 40.3 Å². The second-order valence-corrected chi connectivity index (χ2v) is 11.6. The van der Waals surface area contributed by atoms with E-state index >= 15 is 0 Å². The van der Waals surface area contributed by atoms with Crippen molar-refractivity contribution in [3.05, 3.63) is 42.1 Å². The number of piperidine rings is 1. The Balaban J connectivity index is 0.000000196. The van der Waals surface area contributed by atoms with Crippen LogP contribution < -0.4 is 4.74 Å². The summed E-state index contributed by atoms with van der Waals surface area (Å²) >= 11 is 0. The summed E-state index contributed by atoms with van der Waals surface area (Å²) in [4.78, 5) is 2.80. The number of likely N-dealkylation sites (tertiary alicyclic amines) is 1. The van der Waals surface area contributed by atoms with Gasteiger partial charge in [-0.2, -0.15) is 10.2 Å². The smallest absolute Gasteiger partial charge is 0.120 e. The quantitative estimate of drug-likeness (QED) is 0.364. The Morgan fingerprint density at radius 1 is 1.00 bits per heavy atom. The number of aryl methyl sites for hydroxylation is 1.